The molecule has 14 heavy (non-hydrogen) atoms. The van der Waals surface area contributed by atoms with Gasteiger partial charge in [-0.25, -0.2) is 4.98 Å². The van der Waals surface area contributed by atoms with E-state index in [-0.39, 0.29) is 11.8 Å². The summed E-state index contributed by atoms with van der Waals surface area (Å²) in [6.07, 6.45) is 4.63. The zero-order chi connectivity index (χ0) is 9.80. The molecule has 0 amide bonds. The fourth-order valence-corrected chi connectivity index (χ4v) is 2.27. The van der Waals surface area contributed by atoms with Crippen molar-refractivity contribution in [1.29, 1.82) is 0 Å². The molecule has 1 unspecified atom stereocenters. The van der Waals surface area contributed by atoms with Crippen molar-refractivity contribution < 1.29 is 4.79 Å². The number of hydrogen-bond donors (Lipinski definition) is 1. The molecule has 1 aromatic rings. The van der Waals surface area contributed by atoms with E-state index in [0.29, 0.717) is 5.69 Å². The van der Waals surface area contributed by atoms with Crippen molar-refractivity contribution in [2.75, 3.05) is 18.1 Å². The molecule has 4 nitrogen and oxygen atoms in total. The number of rotatable bonds is 2. The van der Waals surface area contributed by atoms with Crippen LogP contribution in [0.15, 0.2) is 18.6 Å². The Morgan fingerprint density at radius 1 is 1.57 bits per heavy atom. The van der Waals surface area contributed by atoms with Crippen molar-refractivity contribution in [3.63, 3.8) is 0 Å². The molecular formula is C9H11N3OS. The summed E-state index contributed by atoms with van der Waals surface area (Å²) >= 11 is 1.79. The molecule has 1 aromatic heterocycles. The van der Waals surface area contributed by atoms with Crippen LogP contribution in [0.4, 0.5) is 0 Å². The van der Waals surface area contributed by atoms with E-state index >= 15 is 0 Å². The van der Waals surface area contributed by atoms with E-state index in [9.17, 15) is 4.79 Å². The van der Waals surface area contributed by atoms with Gasteiger partial charge in [-0.1, -0.05) is 0 Å². The van der Waals surface area contributed by atoms with Crippen molar-refractivity contribution in [3.8, 4) is 0 Å². The van der Waals surface area contributed by atoms with Gasteiger partial charge in [-0.2, -0.15) is 11.8 Å². The fourth-order valence-electron chi connectivity index (χ4n) is 1.34. The molecule has 1 atom stereocenters. The Balaban J connectivity index is 2.07. The Morgan fingerprint density at radius 2 is 2.50 bits per heavy atom. The second kappa shape index (κ2) is 4.52. The molecule has 1 aliphatic heterocycles. The van der Waals surface area contributed by atoms with Gasteiger partial charge in [-0.05, 0) is 0 Å². The number of carbonyl (C=O) groups is 1. The summed E-state index contributed by atoms with van der Waals surface area (Å²) < 4.78 is 0. The first-order valence-corrected chi connectivity index (χ1v) is 5.65. The number of aromatic nitrogens is 2. The van der Waals surface area contributed by atoms with Crippen LogP contribution >= 0.6 is 11.8 Å². The van der Waals surface area contributed by atoms with Gasteiger partial charge in [0.15, 0.2) is 5.78 Å². The molecule has 2 rings (SSSR count). The maximum atomic E-state index is 11.8. The summed E-state index contributed by atoms with van der Waals surface area (Å²) in [5, 5.41) is 3.18. The van der Waals surface area contributed by atoms with Crippen LogP contribution in [-0.2, 0) is 0 Å². The van der Waals surface area contributed by atoms with Gasteiger partial charge in [0.1, 0.15) is 5.69 Å². The van der Waals surface area contributed by atoms with Gasteiger partial charge >= 0.3 is 0 Å². The first kappa shape index (κ1) is 9.61. The average molecular weight is 209 g/mol. The number of nitrogens with zero attached hydrogens (tertiary/aromatic N) is 2. The lowest BCUT2D eigenvalue weighted by molar-refractivity contribution is 0.0947. The topological polar surface area (TPSA) is 54.9 Å². The van der Waals surface area contributed by atoms with Gasteiger partial charge in [-0.3, -0.25) is 9.78 Å². The van der Waals surface area contributed by atoms with E-state index in [1.807, 2.05) is 0 Å². The molecule has 74 valence electrons. The van der Waals surface area contributed by atoms with Gasteiger partial charge in [0.2, 0.25) is 0 Å². The quantitative estimate of drug-likeness (QED) is 0.713. The maximum Gasteiger partial charge on any atom is 0.200 e. The summed E-state index contributed by atoms with van der Waals surface area (Å²) in [6.45, 7) is 0.890. The van der Waals surface area contributed by atoms with Gasteiger partial charge in [0.25, 0.3) is 0 Å². The van der Waals surface area contributed by atoms with Gasteiger partial charge < -0.3 is 5.32 Å². The molecule has 1 aliphatic rings. The standard InChI is InChI=1S/C9H11N3OS/c13-9(7-5-10-1-2-11-7)8-6-14-4-3-12-8/h1-2,5,8,12H,3-4,6H2. The van der Waals surface area contributed by atoms with E-state index in [1.54, 1.807) is 24.2 Å². The molecule has 0 bridgehead atoms. The van der Waals surface area contributed by atoms with Crippen LogP contribution < -0.4 is 5.32 Å². The molecule has 0 saturated carbocycles. The van der Waals surface area contributed by atoms with E-state index in [0.717, 1.165) is 18.1 Å². The van der Waals surface area contributed by atoms with Crippen LogP contribution in [0.3, 0.4) is 0 Å². The monoisotopic (exact) mass is 209 g/mol. The van der Waals surface area contributed by atoms with Crippen LogP contribution in [0.2, 0.25) is 0 Å². The fraction of sp³-hybridized carbons (Fsp3) is 0.444. The summed E-state index contributed by atoms with van der Waals surface area (Å²) in [5.74, 6) is 1.95. The average Bonchev–Trinajstić information content (AvgIpc) is 2.30. The number of ketones is 1. The smallest absolute Gasteiger partial charge is 0.200 e. The van der Waals surface area contributed by atoms with Crippen molar-refractivity contribution >= 4 is 17.5 Å². The zero-order valence-electron chi connectivity index (χ0n) is 7.64. The van der Waals surface area contributed by atoms with E-state index in [1.165, 1.54) is 6.20 Å². The number of nitrogens with one attached hydrogen (secondary N) is 1. The van der Waals surface area contributed by atoms with Crippen LogP contribution in [-0.4, -0.2) is 39.8 Å². The van der Waals surface area contributed by atoms with Crippen molar-refractivity contribution in [2.45, 2.75) is 6.04 Å². The zero-order valence-corrected chi connectivity index (χ0v) is 8.46. The highest BCUT2D eigenvalue weighted by Crippen LogP contribution is 2.10. The predicted molar refractivity (Wildman–Crippen MR) is 55.5 cm³/mol. The lowest BCUT2D eigenvalue weighted by Crippen LogP contribution is -2.43. The lowest BCUT2D eigenvalue weighted by Gasteiger charge is -2.21. The third-order valence-corrected chi connectivity index (χ3v) is 3.12. The van der Waals surface area contributed by atoms with Crippen LogP contribution in [0, 0.1) is 0 Å². The van der Waals surface area contributed by atoms with Crippen LogP contribution in [0.5, 0.6) is 0 Å². The predicted octanol–water partition coefficient (Wildman–Crippen LogP) is 0.364. The first-order chi connectivity index (χ1) is 6.88. The minimum Gasteiger partial charge on any atom is -0.306 e. The van der Waals surface area contributed by atoms with E-state index in [2.05, 4.69) is 15.3 Å². The Morgan fingerprint density at radius 3 is 3.14 bits per heavy atom. The van der Waals surface area contributed by atoms with Crippen molar-refractivity contribution in [3.05, 3.63) is 24.3 Å². The first-order valence-electron chi connectivity index (χ1n) is 4.49. The summed E-state index contributed by atoms with van der Waals surface area (Å²) in [7, 11) is 0. The van der Waals surface area contributed by atoms with E-state index in [4.69, 9.17) is 0 Å². The molecule has 0 aliphatic carbocycles. The minimum atomic E-state index is -0.0922. The van der Waals surface area contributed by atoms with Gasteiger partial charge in [0.05, 0.1) is 12.2 Å². The number of Topliss-reactive ketones (excluding diaryl/α,β-unsaturated/α-hetero) is 1. The molecule has 0 aromatic carbocycles. The molecular weight excluding hydrogens is 198 g/mol. The molecule has 0 radical (unpaired) electrons. The summed E-state index contributed by atoms with van der Waals surface area (Å²) in [4.78, 5) is 19.7. The van der Waals surface area contributed by atoms with Crippen LogP contribution in [0.25, 0.3) is 0 Å². The Labute approximate surface area is 86.5 Å². The number of thioether (sulfide) groups is 1. The highest BCUT2D eigenvalue weighted by molar-refractivity contribution is 7.99. The molecule has 2 heterocycles. The Hall–Kier alpha value is -0.940. The number of carbonyl (C=O) groups excluding carboxylic acids is 1. The second-order valence-electron chi connectivity index (χ2n) is 3.04. The van der Waals surface area contributed by atoms with Crippen molar-refractivity contribution in [2.24, 2.45) is 0 Å². The highest BCUT2D eigenvalue weighted by atomic mass is 32.2. The van der Waals surface area contributed by atoms with Gasteiger partial charge in [0, 0.05) is 30.4 Å². The molecule has 1 N–H and O–H groups in total. The highest BCUT2D eigenvalue weighted by Gasteiger charge is 2.22. The third kappa shape index (κ3) is 2.10. The SMILES string of the molecule is O=C(c1cnccn1)C1CSCCN1. The molecule has 0 spiro atoms. The van der Waals surface area contributed by atoms with Gasteiger partial charge in [-0.15, -0.1) is 0 Å². The third-order valence-electron chi connectivity index (χ3n) is 2.05. The van der Waals surface area contributed by atoms with Crippen LogP contribution in [0.1, 0.15) is 10.5 Å². The Kier molecular flexibility index (Phi) is 3.10. The minimum absolute atomic E-state index is 0.0466. The molecule has 1 fully saturated rings. The summed E-state index contributed by atoms with van der Waals surface area (Å²) in [5.41, 5.74) is 0.451. The summed E-state index contributed by atoms with van der Waals surface area (Å²) in [6, 6.07) is -0.0922. The van der Waals surface area contributed by atoms with E-state index < -0.39 is 0 Å². The maximum absolute atomic E-state index is 11.8. The Bertz CT molecular complexity index is 311. The lowest BCUT2D eigenvalue weighted by atomic mass is 10.1. The molecule has 1 saturated heterocycles. The number of hydrogen-bond acceptors (Lipinski definition) is 5. The molecule has 5 heteroatoms. The normalized spacial score (nSPS) is 21.9. The second-order valence-corrected chi connectivity index (χ2v) is 4.19. The van der Waals surface area contributed by atoms with Crippen molar-refractivity contribution in [1.82, 2.24) is 15.3 Å². The largest absolute Gasteiger partial charge is 0.306 e.